The highest BCUT2D eigenvalue weighted by Gasteiger charge is 2.44. The fourth-order valence-electron chi connectivity index (χ4n) is 5.17. The molecule has 1 heterocycles. The minimum atomic E-state index is -0.329. The number of hydrogen-bond acceptors (Lipinski definition) is 2. The van der Waals surface area contributed by atoms with E-state index >= 15 is 0 Å². The van der Waals surface area contributed by atoms with E-state index in [1.165, 1.54) is 18.6 Å². The minimum Gasteiger partial charge on any atom is -0.300 e. The molecule has 0 radical (unpaired) electrons. The summed E-state index contributed by atoms with van der Waals surface area (Å²) in [5.74, 6) is -0.0714. The maximum Gasteiger partial charge on any atom is 0.123 e. The van der Waals surface area contributed by atoms with Crippen LogP contribution in [-0.4, -0.2) is 40.7 Å². The highest BCUT2D eigenvalue weighted by atomic mass is 127. The number of benzene rings is 2. The average Bonchev–Trinajstić information content (AvgIpc) is 2.70. The van der Waals surface area contributed by atoms with Crippen molar-refractivity contribution in [3.63, 3.8) is 0 Å². The fourth-order valence-corrected chi connectivity index (χ4v) is 5.60. The molecule has 1 saturated heterocycles. The SMILES string of the molecule is Fc1cccc(C2(c3cccc(F)c3)CCCCC2CN2CCN(I)CC2)c1. The highest BCUT2D eigenvalue weighted by molar-refractivity contribution is 14.1. The van der Waals surface area contributed by atoms with Crippen LogP contribution in [0, 0.1) is 17.6 Å². The third-order valence-corrected chi connectivity index (χ3v) is 7.51. The molecule has 0 aromatic heterocycles. The van der Waals surface area contributed by atoms with Crippen LogP contribution in [0.25, 0.3) is 0 Å². The van der Waals surface area contributed by atoms with Gasteiger partial charge in [-0.05, 0) is 54.2 Å². The summed E-state index contributed by atoms with van der Waals surface area (Å²) < 4.78 is 30.8. The molecule has 2 nitrogen and oxygen atoms in total. The van der Waals surface area contributed by atoms with Gasteiger partial charge in [0.05, 0.1) is 0 Å². The predicted molar refractivity (Wildman–Crippen MR) is 118 cm³/mol. The van der Waals surface area contributed by atoms with Crippen LogP contribution in [0.3, 0.4) is 0 Å². The first-order chi connectivity index (χ1) is 13.6. The third-order valence-electron chi connectivity index (χ3n) is 6.55. The van der Waals surface area contributed by atoms with Crippen LogP contribution in [0.4, 0.5) is 8.78 Å². The van der Waals surface area contributed by atoms with Gasteiger partial charge in [0.25, 0.3) is 0 Å². The Bertz CT molecular complexity index is 759. The van der Waals surface area contributed by atoms with Crippen molar-refractivity contribution in [2.45, 2.75) is 31.1 Å². The Balaban J connectivity index is 1.75. The molecule has 1 atom stereocenters. The van der Waals surface area contributed by atoms with E-state index < -0.39 is 0 Å². The van der Waals surface area contributed by atoms with Crippen LogP contribution in [-0.2, 0) is 5.41 Å². The van der Waals surface area contributed by atoms with Crippen LogP contribution >= 0.6 is 22.9 Å². The average molecular weight is 496 g/mol. The number of nitrogens with zero attached hydrogens (tertiary/aromatic N) is 2. The summed E-state index contributed by atoms with van der Waals surface area (Å²) in [7, 11) is 0. The predicted octanol–water partition coefficient (Wildman–Crippen LogP) is 5.41. The van der Waals surface area contributed by atoms with Crippen molar-refractivity contribution in [2.75, 3.05) is 32.7 Å². The van der Waals surface area contributed by atoms with E-state index in [1.807, 2.05) is 12.1 Å². The zero-order valence-electron chi connectivity index (χ0n) is 16.1. The van der Waals surface area contributed by atoms with Crippen molar-refractivity contribution in [1.29, 1.82) is 0 Å². The number of hydrogen-bond donors (Lipinski definition) is 0. The standard InChI is InChI=1S/C23H27F2IN2/c24-21-8-3-6-18(15-21)23(19-7-4-9-22(25)16-19)10-2-1-5-20(23)17-27-11-13-28(26)14-12-27/h3-4,6-9,15-16,20H,1-2,5,10-14,17H2. The Labute approximate surface area is 180 Å². The first-order valence-corrected chi connectivity index (χ1v) is 11.2. The van der Waals surface area contributed by atoms with Crippen molar-refractivity contribution in [3.8, 4) is 0 Å². The van der Waals surface area contributed by atoms with Crippen molar-refractivity contribution in [3.05, 3.63) is 71.3 Å². The van der Waals surface area contributed by atoms with Crippen LogP contribution in [0.15, 0.2) is 48.5 Å². The molecule has 28 heavy (non-hydrogen) atoms. The van der Waals surface area contributed by atoms with Crippen molar-refractivity contribution < 1.29 is 8.78 Å². The molecular formula is C23H27F2IN2. The molecule has 1 aliphatic heterocycles. The largest absolute Gasteiger partial charge is 0.300 e. The quantitative estimate of drug-likeness (QED) is 0.413. The van der Waals surface area contributed by atoms with Gasteiger partial charge in [0.1, 0.15) is 11.6 Å². The lowest BCUT2D eigenvalue weighted by atomic mass is 9.59. The fraction of sp³-hybridized carbons (Fsp3) is 0.478. The van der Waals surface area contributed by atoms with E-state index in [9.17, 15) is 8.78 Å². The number of rotatable bonds is 4. The molecule has 0 bridgehead atoms. The lowest BCUT2D eigenvalue weighted by Gasteiger charge is -2.48. The molecular weight excluding hydrogens is 469 g/mol. The number of piperazine rings is 1. The van der Waals surface area contributed by atoms with Gasteiger partial charge in [0, 0.05) is 61.0 Å². The Morgan fingerprint density at radius 1 is 0.893 bits per heavy atom. The van der Waals surface area contributed by atoms with Gasteiger partial charge >= 0.3 is 0 Å². The van der Waals surface area contributed by atoms with E-state index in [2.05, 4.69) is 30.9 Å². The lowest BCUT2D eigenvalue weighted by molar-refractivity contribution is 0.121. The van der Waals surface area contributed by atoms with E-state index in [4.69, 9.17) is 0 Å². The molecule has 2 aromatic rings. The van der Waals surface area contributed by atoms with Gasteiger partial charge in [-0.3, -0.25) is 0 Å². The highest BCUT2D eigenvalue weighted by Crippen LogP contribution is 2.49. The summed E-state index contributed by atoms with van der Waals surface area (Å²) in [5, 5.41) is 0. The van der Waals surface area contributed by atoms with Gasteiger partial charge in [-0.2, -0.15) is 0 Å². The van der Waals surface area contributed by atoms with E-state index in [-0.39, 0.29) is 17.0 Å². The summed E-state index contributed by atoms with van der Waals surface area (Å²) in [6.07, 6.45) is 4.31. The molecule has 0 N–H and O–H groups in total. The second kappa shape index (κ2) is 8.76. The Hall–Kier alpha value is -1.05. The molecule has 1 saturated carbocycles. The molecule has 4 rings (SSSR count). The Kier molecular flexibility index (Phi) is 6.33. The van der Waals surface area contributed by atoms with Gasteiger partial charge in [-0.1, -0.05) is 37.1 Å². The lowest BCUT2D eigenvalue weighted by Crippen LogP contribution is -2.49. The molecule has 150 valence electrons. The Morgan fingerprint density at radius 3 is 2.07 bits per heavy atom. The molecule has 1 aliphatic carbocycles. The molecule has 1 unspecified atom stereocenters. The molecule has 2 aliphatic rings. The zero-order valence-corrected chi connectivity index (χ0v) is 18.2. The van der Waals surface area contributed by atoms with Crippen LogP contribution in [0.2, 0.25) is 0 Å². The van der Waals surface area contributed by atoms with Gasteiger partial charge in [-0.15, -0.1) is 0 Å². The molecule has 2 fully saturated rings. The number of halogens is 3. The second-order valence-corrected chi connectivity index (χ2v) is 9.51. The van der Waals surface area contributed by atoms with E-state index in [0.29, 0.717) is 5.92 Å². The monoisotopic (exact) mass is 496 g/mol. The molecule has 2 aromatic carbocycles. The summed E-state index contributed by atoms with van der Waals surface area (Å²) >= 11 is 2.39. The molecule has 0 spiro atoms. The van der Waals surface area contributed by atoms with E-state index in [0.717, 1.165) is 63.1 Å². The first kappa shape index (κ1) is 20.2. The summed E-state index contributed by atoms with van der Waals surface area (Å²) in [4.78, 5) is 2.54. The summed E-state index contributed by atoms with van der Waals surface area (Å²) in [6.45, 7) is 5.24. The van der Waals surface area contributed by atoms with Crippen molar-refractivity contribution in [1.82, 2.24) is 8.01 Å². The third kappa shape index (κ3) is 4.12. The van der Waals surface area contributed by atoms with Gasteiger partial charge in [-0.25, -0.2) is 11.9 Å². The normalized spacial score (nSPS) is 23.6. The van der Waals surface area contributed by atoms with Crippen LogP contribution in [0.1, 0.15) is 36.8 Å². The maximum atomic E-state index is 14.2. The van der Waals surface area contributed by atoms with Crippen molar-refractivity contribution >= 4 is 22.9 Å². The van der Waals surface area contributed by atoms with Gasteiger partial charge < -0.3 is 4.90 Å². The van der Waals surface area contributed by atoms with Crippen LogP contribution < -0.4 is 0 Å². The van der Waals surface area contributed by atoms with Gasteiger partial charge in [0.15, 0.2) is 0 Å². The smallest absolute Gasteiger partial charge is 0.123 e. The first-order valence-electron chi connectivity index (χ1n) is 10.2. The minimum absolute atomic E-state index is 0.212. The Morgan fingerprint density at radius 2 is 1.50 bits per heavy atom. The second-order valence-electron chi connectivity index (χ2n) is 8.15. The topological polar surface area (TPSA) is 6.48 Å². The maximum absolute atomic E-state index is 14.2. The summed E-state index contributed by atoms with van der Waals surface area (Å²) in [5.41, 5.74) is 1.66. The molecule has 5 heteroatoms. The van der Waals surface area contributed by atoms with Crippen molar-refractivity contribution in [2.24, 2.45) is 5.92 Å². The van der Waals surface area contributed by atoms with E-state index in [1.54, 1.807) is 24.3 Å². The molecule has 0 amide bonds. The van der Waals surface area contributed by atoms with Gasteiger partial charge in [0.2, 0.25) is 0 Å². The van der Waals surface area contributed by atoms with Crippen LogP contribution in [0.5, 0.6) is 0 Å². The zero-order chi connectivity index (χ0) is 19.6. The summed E-state index contributed by atoms with van der Waals surface area (Å²) in [6, 6.07) is 14.0.